The van der Waals surface area contributed by atoms with E-state index in [0.717, 1.165) is 25.3 Å². The van der Waals surface area contributed by atoms with Crippen LogP contribution in [-0.2, 0) is 0 Å². The van der Waals surface area contributed by atoms with E-state index in [9.17, 15) is 0 Å². The molecule has 0 radical (unpaired) electrons. The number of rotatable bonds is 2. The second-order valence-electron chi connectivity index (χ2n) is 3.82. The van der Waals surface area contributed by atoms with Gasteiger partial charge in [-0.1, -0.05) is 0 Å². The Hall–Kier alpha value is -1.31. The molecule has 0 spiro atoms. The molecule has 4 nitrogen and oxygen atoms in total. The van der Waals surface area contributed by atoms with Crippen LogP contribution in [0.4, 0.5) is 5.82 Å². The summed E-state index contributed by atoms with van der Waals surface area (Å²) < 4.78 is 0. The monoisotopic (exact) mass is 238 g/mol. The summed E-state index contributed by atoms with van der Waals surface area (Å²) in [4.78, 5) is 6.41. The molecule has 1 aromatic rings. The van der Waals surface area contributed by atoms with Crippen LogP contribution in [0.1, 0.15) is 12.0 Å². The van der Waals surface area contributed by atoms with E-state index in [1.807, 2.05) is 0 Å². The Morgan fingerprint density at radius 2 is 2.44 bits per heavy atom. The molecule has 1 aromatic heterocycles. The van der Waals surface area contributed by atoms with Gasteiger partial charge in [-0.15, -0.1) is 12.4 Å². The summed E-state index contributed by atoms with van der Waals surface area (Å²) in [5, 5.41) is 8.96. The van der Waals surface area contributed by atoms with Gasteiger partial charge in [-0.25, -0.2) is 4.98 Å². The number of pyridine rings is 1. The molecular weight excluding hydrogens is 224 g/mol. The largest absolute Gasteiger partial charge is 0.355 e. The lowest BCUT2D eigenvalue weighted by molar-refractivity contribution is 0.602. The number of hydrogen-bond acceptors (Lipinski definition) is 4. The molecule has 86 valence electrons. The van der Waals surface area contributed by atoms with Crippen molar-refractivity contribution >= 4 is 18.2 Å². The number of hydrogen-bond donors (Lipinski definition) is 1. The molecule has 0 aromatic carbocycles. The van der Waals surface area contributed by atoms with Crippen molar-refractivity contribution in [3.05, 3.63) is 23.9 Å². The number of anilines is 1. The minimum Gasteiger partial charge on any atom is -0.355 e. The van der Waals surface area contributed by atoms with Crippen LogP contribution in [-0.4, -0.2) is 24.6 Å². The predicted molar refractivity (Wildman–Crippen MR) is 65.6 cm³/mol. The van der Waals surface area contributed by atoms with E-state index < -0.39 is 0 Å². The van der Waals surface area contributed by atoms with Crippen LogP contribution < -0.4 is 10.6 Å². The summed E-state index contributed by atoms with van der Waals surface area (Å²) >= 11 is 0. The molecule has 5 heteroatoms. The Morgan fingerprint density at radius 1 is 1.62 bits per heavy atom. The van der Waals surface area contributed by atoms with Gasteiger partial charge in [0.15, 0.2) is 0 Å². The van der Waals surface area contributed by atoms with Crippen molar-refractivity contribution in [3.8, 4) is 6.07 Å². The third-order valence-corrected chi connectivity index (χ3v) is 2.83. The van der Waals surface area contributed by atoms with E-state index in [2.05, 4.69) is 16.0 Å². The number of halogens is 1. The van der Waals surface area contributed by atoms with Crippen molar-refractivity contribution in [1.82, 2.24) is 4.98 Å². The SMILES string of the molecule is Cl.N#Cc1cccnc1N1CCC(CN)C1. The van der Waals surface area contributed by atoms with Gasteiger partial charge in [-0.05, 0) is 31.0 Å². The molecule has 2 rings (SSSR count). The van der Waals surface area contributed by atoms with Gasteiger partial charge < -0.3 is 10.6 Å². The molecule has 1 aliphatic rings. The first-order valence-electron chi connectivity index (χ1n) is 5.15. The van der Waals surface area contributed by atoms with Gasteiger partial charge in [-0.3, -0.25) is 0 Å². The van der Waals surface area contributed by atoms with E-state index in [0.29, 0.717) is 18.0 Å². The van der Waals surface area contributed by atoms with Gasteiger partial charge in [-0.2, -0.15) is 5.26 Å². The number of aromatic nitrogens is 1. The number of nitriles is 1. The van der Waals surface area contributed by atoms with Crippen LogP contribution in [0.5, 0.6) is 0 Å². The first-order valence-corrected chi connectivity index (χ1v) is 5.15. The fraction of sp³-hybridized carbons (Fsp3) is 0.455. The van der Waals surface area contributed by atoms with Crippen LogP contribution in [0, 0.1) is 17.2 Å². The molecule has 1 fully saturated rings. The highest BCUT2D eigenvalue weighted by molar-refractivity contribution is 5.85. The zero-order chi connectivity index (χ0) is 10.7. The molecule has 1 aliphatic heterocycles. The van der Waals surface area contributed by atoms with Crippen LogP contribution in [0.15, 0.2) is 18.3 Å². The topological polar surface area (TPSA) is 65.9 Å². The third kappa shape index (κ3) is 2.43. The third-order valence-electron chi connectivity index (χ3n) is 2.83. The van der Waals surface area contributed by atoms with Crippen LogP contribution in [0.25, 0.3) is 0 Å². The molecule has 2 N–H and O–H groups in total. The minimum atomic E-state index is 0. The maximum atomic E-state index is 8.96. The lowest BCUT2D eigenvalue weighted by Crippen LogP contribution is -2.24. The molecular formula is C11H15ClN4. The highest BCUT2D eigenvalue weighted by atomic mass is 35.5. The standard InChI is InChI=1S/C11H14N4.ClH/c12-6-9-3-5-15(8-9)11-10(7-13)2-1-4-14-11;/h1-2,4,9H,3,5-6,8,12H2;1H. The summed E-state index contributed by atoms with van der Waals surface area (Å²) in [6.07, 6.45) is 2.82. The summed E-state index contributed by atoms with van der Waals surface area (Å²) in [6.45, 7) is 2.58. The Balaban J connectivity index is 0.00000128. The predicted octanol–water partition coefficient (Wildman–Crippen LogP) is 1.16. The van der Waals surface area contributed by atoms with Crippen molar-refractivity contribution in [2.24, 2.45) is 11.7 Å². The highest BCUT2D eigenvalue weighted by Gasteiger charge is 2.23. The molecule has 1 unspecified atom stereocenters. The van der Waals surface area contributed by atoms with E-state index in [1.165, 1.54) is 0 Å². The molecule has 1 saturated heterocycles. The van der Waals surface area contributed by atoms with Gasteiger partial charge in [0, 0.05) is 19.3 Å². The lowest BCUT2D eigenvalue weighted by Gasteiger charge is -2.17. The van der Waals surface area contributed by atoms with E-state index in [1.54, 1.807) is 18.3 Å². The minimum absolute atomic E-state index is 0. The Labute approximate surface area is 101 Å². The smallest absolute Gasteiger partial charge is 0.146 e. The summed E-state index contributed by atoms with van der Waals surface area (Å²) in [5.74, 6) is 1.34. The van der Waals surface area contributed by atoms with Gasteiger partial charge in [0.05, 0.1) is 5.56 Å². The maximum absolute atomic E-state index is 8.96. The fourth-order valence-electron chi connectivity index (χ4n) is 1.95. The molecule has 0 aliphatic carbocycles. The van der Waals surface area contributed by atoms with E-state index in [4.69, 9.17) is 11.0 Å². The van der Waals surface area contributed by atoms with Crippen LogP contribution in [0.2, 0.25) is 0 Å². The number of nitrogens with two attached hydrogens (primary N) is 1. The van der Waals surface area contributed by atoms with E-state index >= 15 is 0 Å². The fourth-order valence-corrected chi connectivity index (χ4v) is 1.95. The van der Waals surface area contributed by atoms with Gasteiger partial charge in [0.2, 0.25) is 0 Å². The van der Waals surface area contributed by atoms with Gasteiger partial charge in [0.25, 0.3) is 0 Å². The zero-order valence-corrected chi connectivity index (χ0v) is 9.78. The average molecular weight is 239 g/mol. The highest BCUT2D eigenvalue weighted by Crippen LogP contribution is 2.23. The van der Waals surface area contributed by atoms with Crippen LogP contribution in [0.3, 0.4) is 0 Å². The van der Waals surface area contributed by atoms with E-state index in [-0.39, 0.29) is 12.4 Å². The molecule has 0 amide bonds. The van der Waals surface area contributed by atoms with Crippen molar-refractivity contribution in [3.63, 3.8) is 0 Å². The Morgan fingerprint density at radius 3 is 3.06 bits per heavy atom. The van der Waals surface area contributed by atoms with Gasteiger partial charge >= 0.3 is 0 Å². The molecule has 16 heavy (non-hydrogen) atoms. The van der Waals surface area contributed by atoms with Crippen molar-refractivity contribution in [2.45, 2.75) is 6.42 Å². The summed E-state index contributed by atoms with van der Waals surface area (Å²) in [6, 6.07) is 5.76. The Bertz CT molecular complexity index is 388. The van der Waals surface area contributed by atoms with Gasteiger partial charge in [0.1, 0.15) is 11.9 Å². The molecule has 0 bridgehead atoms. The first kappa shape index (κ1) is 12.8. The second-order valence-corrected chi connectivity index (χ2v) is 3.82. The van der Waals surface area contributed by atoms with Crippen molar-refractivity contribution in [1.29, 1.82) is 5.26 Å². The van der Waals surface area contributed by atoms with Crippen molar-refractivity contribution < 1.29 is 0 Å². The van der Waals surface area contributed by atoms with Crippen LogP contribution >= 0.6 is 12.4 Å². The summed E-state index contributed by atoms with van der Waals surface area (Å²) in [7, 11) is 0. The maximum Gasteiger partial charge on any atom is 0.146 e. The molecule has 1 atom stereocenters. The Kier molecular flexibility index (Phi) is 4.53. The quantitative estimate of drug-likeness (QED) is 0.840. The second kappa shape index (κ2) is 5.69. The number of nitrogens with zero attached hydrogens (tertiary/aromatic N) is 3. The lowest BCUT2D eigenvalue weighted by atomic mass is 10.1. The van der Waals surface area contributed by atoms with Crippen molar-refractivity contribution in [2.75, 3.05) is 24.5 Å². The zero-order valence-electron chi connectivity index (χ0n) is 8.97. The normalized spacial score (nSPS) is 19.0. The summed E-state index contributed by atoms with van der Waals surface area (Å²) in [5.41, 5.74) is 6.28. The average Bonchev–Trinajstić information content (AvgIpc) is 2.77. The molecule has 0 saturated carbocycles. The molecule has 2 heterocycles. The first-order chi connectivity index (χ1) is 7.35.